The van der Waals surface area contributed by atoms with Crippen LogP contribution in [0.4, 0.5) is 5.69 Å². The molecule has 0 aliphatic heterocycles. The third-order valence-electron chi connectivity index (χ3n) is 3.71. The first-order valence-electron chi connectivity index (χ1n) is 7.38. The molecule has 0 aromatic heterocycles. The Bertz CT molecular complexity index is 566. The van der Waals surface area contributed by atoms with E-state index in [1.807, 2.05) is 18.2 Å². The molecule has 2 nitrogen and oxygen atoms in total. The van der Waals surface area contributed by atoms with E-state index in [1.165, 1.54) is 16.8 Å². The van der Waals surface area contributed by atoms with Crippen molar-refractivity contribution in [2.24, 2.45) is 5.73 Å². The van der Waals surface area contributed by atoms with Crippen molar-refractivity contribution in [2.45, 2.75) is 32.4 Å². The average Bonchev–Trinajstić information content (AvgIpc) is 2.47. The van der Waals surface area contributed by atoms with E-state index in [1.54, 1.807) is 0 Å². The molecule has 2 rings (SSSR count). The molecule has 0 amide bonds. The number of nitrogens with two attached hydrogens (primary N) is 1. The lowest BCUT2D eigenvalue weighted by atomic mass is 10.0. The van der Waals surface area contributed by atoms with Gasteiger partial charge in [-0.3, -0.25) is 0 Å². The third kappa shape index (κ3) is 4.76. The Hall–Kier alpha value is -1.51. The van der Waals surface area contributed by atoms with E-state index in [0.717, 1.165) is 24.4 Å². The first-order valence-corrected chi connectivity index (χ1v) is 7.76. The Balaban J connectivity index is 2.01. The Morgan fingerprint density at radius 3 is 2.43 bits per heavy atom. The zero-order valence-corrected chi connectivity index (χ0v) is 13.5. The lowest BCUT2D eigenvalue weighted by Crippen LogP contribution is -2.21. The van der Waals surface area contributed by atoms with Gasteiger partial charge < -0.3 is 10.6 Å². The lowest BCUT2D eigenvalue weighted by Gasteiger charge is -2.20. The van der Waals surface area contributed by atoms with Crippen LogP contribution in [0, 0.1) is 0 Å². The molecule has 0 saturated carbocycles. The molecule has 0 aliphatic carbocycles. The van der Waals surface area contributed by atoms with Gasteiger partial charge in [-0.25, -0.2) is 0 Å². The summed E-state index contributed by atoms with van der Waals surface area (Å²) in [6.07, 6.45) is 1.95. The second-order valence-corrected chi connectivity index (χ2v) is 5.96. The molecule has 21 heavy (non-hydrogen) atoms. The normalized spacial score (nSPS) is 12.2. The van der Waals surface area contributed by atoms with Crippen LogP contribution in [0.2, 0.25) is 5.02 Å². The van der Waals surface area contributed by atoms with Gasteiger partial charge in [-0.1, -0.05) is 42.8 Å². The van der Waals surface area contributed by atoms with Crippen molar-refractivity contribution in [3.63, 3.8) is 0 Å². The molecule has 0 fully saturated rings. The van der Waals surface area contributed by atoms with Gasteiger partial charge in [0.15, 0.2) is 0 Å². The van der Waals surface area contributed by atoms with Crippen molar-refractivity contribution < 1.29 is 0 Å². The molecule has 112 valence electrons. The van der Waals surface area contributed by atoms with E-state index in [9.17, 15) is 0 Å². The predicted molar refractivity (Wildman–Crippen MR) is 92.0 cm³/mol. The monoisotopic (exact) mass is 302 g/mol. The number of hydrogen-bond acceptors (Lipinski definition) is 2. The topological polar surface area (TPSA) is 29.3 Å². The fraction of sp³-hybridized carbons (Fsp3) is 0.333. The Morgan fingerprint density at radius 2 is 1.81 bits per heavy atom. The van der Waals surface area contributed by atoms with Crippen molar-refractivity contribution in [1.82, 2.24) is 0 Å². The number of hydrogen-bond donors (Lipinski definition) is 1. The molecule has 2 N–H and O–H groups in total. The molecule has 0 aliphatic rings. The van der Waals surface area contributed by atoms with Crippen molar-refractivity contribution in [3.05, 3.63) is 64.7 Å². The highest BCUT2D eigenvalue weighted by Gasteiger charge is 2.05. The van der Waals surface area contributed by atoms with Crippen molar-refractivity contribution in [3.8, 4) is 0 Å². The maximum absolute atomic E-state index is 6.03. The summed E-state index contributed by atoms with van der Waals surface area (Å²) in [6.45, 7) is 2.96. The number of rotatable bonds is 6. The van der Waals surface area contributed by atoms with Gasteiger partial charge in [0.05, 0.1) is 0 Å². The van der Waals surface area contributed by atoms with E-state index >= 15 is 0 Å². The Morgan fingerprint density at radius 1 is 1.10 bits per heavy atom. The maximum Gasteiger partial charge on any atom is 0.0426 e. The summed E-state index contributed by atoms with van der Waals surface area (Å²) in [6, 6.07) is 16.9. The van der Waals surface area contributed by atoms with Crippen LogP contribution in [-0.2, 0) is 13.0 Å². The standard InChI is InChI=1S/C18H23ClN2/c1-3-17(20)12-14-7-9-18(10-8-14)21(2)13-15-5-4-6-16(19)11-15/h4-11,17H,3,12-13,20H2,1-2H3. The molecule has 3 heteroatoms. The molecular weight excluding hydrogens is 280 g/mol. The van der Waals surface area contributed by atoms with Crippen molar-refractivity contribution in [1.29, 1.82) is 0 Å². The first-order chi connectivity index (χ1) is 10.1. The van der Waals surface area contributed by atoms with Crippen LogP contribution in [0.1, 0.15) is 24.5 Å². The van der Waals surface area contributed by atoms with E-state index in [2.05, 4.69) is 49.2 Å². The van der Waals surface area contributed by atoms with Gasteiger partial charge >= 0.3 is 0 Å². The van der Waals surface area contributed by atoms with E-state index in [4.69, 9.17) is 17.3 Å². The van der Waals surface area contributed by atoms with E-state index in [-0.39, 0.29) is 6.04 Å². The number of benzene rings is 2. The highest BCUT2D eigenvalue weighted by molar-refractivity contribution is 6.30. The SMILES string of the molecule is CCC(N)Cc1ccc(N(C)Cc2cccc(Cl)c2)cc1. The zero-order valence-electron chi connectivity index (χ0n) is 12.7. The van der Waals surface area contributed by atoms with Crippen LogP contribution >= 0.6 is 11.6 Å². The summed E-state index contributed by atoms with van der Waals surface area (Å²) in [5, 5.41) is 0.782. The van der Waals surface area contributed by atoms with Crippen LogP contribution in [0.3, 0.4) is 0 Å². The highest BCUT2D eigenvalue weighted by atomic mass is 35.5. The average molecular weight is 303 g/mol. The van der Waals surface area contributed by atoms with Gasteiger partial charge in [0, 0.05) is 30.3 Å². The van der Waals surface area contributed by atoms with Crippen LogP contribution < -0.4 is 10.6 Å². The molecular formula is C18H23ClN2. The minimum atomic E-state index is 0.250. The molecule has 0 heterocycles. The van der Waals surface area contributed by atoms with E-state index in [0.29, 0.717) is 0 Å². The number of nitrogens with zero attached hydrogens (tertiary/aromatic N) is 1. The minimum absolute atomic E-state index is 0.250. The zero-order chi connectivity index (χ0) is 15.2. The van der Waals surface area contributed by atoms with Crippen molar-refractivity contribution in [2.75, 3.05) is 11.9 Å². The molecule has 1 atom stereocenters. The highest BCUT2D eigenvalue weighted by Crippen LogP contribution is 2.19. The second-order valence-electron chi connectivity index (χ2n) is 5.52. The van der Waals surface area contributed by atoms with Gasteiger partial charge in [0.25, 0.3) is 0 Å². The van der Waals surface area contributed by atoms with Crippen LogP contribution in [0.15, 0.2) is 48.5 Å². The van der Waals surface area contributed by atoms with Gasteiger partial charge in [0.2, 0.25) is 0 Å². The molecule has 0 radical (unpaired) electrons. The van der Waals surface area contributed by atoms with Gasteiger partial charge in [-0.05, 0) is 48.2 Å². The molecule has 1 unspecified atom stereocenters. The first kappa shape index (κ1) is 15.9. The van der Waals surface area contributed by atoms with E-state index < -0.39 is 0 Å². The Labute approximate surface area is 132 Å². The Kier molecular flexibility index (Phi) is 5.66. The van der Waals surface area contributed by atoms with Crippen LogP contribution in [0.5, 0.6) is 0 Å². The quantitative estimate of drug-likeness (QED) is 0.864. The van der Waals surface area contributed by atoms with Crippen molar-refractivity contribution >= 4 is 17.3 Å². The summed E-state index contributed by atoms with van der Waals surface area (Å²) in [7, 11) is 2.09. The van der Waals surface area contributed by atoms with Crippen LogP contribution in [0.25, 0.3) is 0 Å². The molecule has 2 aromatic rings. The smallest absolute Gasteiger partial charge is 0.0426 e. The fourth-order valence-corrected chi connectivity index (χ4v) is 2.55. The number of anilines is 1. The second kappa shape index (κ2) is 7.48. The van der Waals surface area contributed by atoms with Crippen LogP contribution in [-0.4, -0.2) is 13.1 Å². The fourth-order valence-electron chi connectivity index (χ4n) is 2.33. The minimum Gasteiger partial charge on any atom is -0.370 e. The number of halogens is 1. The predicted octanol–water partition coefficient (Wildman–Crippen LogP) is 4.26. The molecule has 0 spiro atoms. The van der Waals surface area contributed by atoms with Gasteiger partial charge in [0.1, 0.15) is 0 Å². The molecule has 2 aromatic carbocycles. The van der Waals surface area contributed by atoms with Gasteiger partial charge in [-0.2, -0.15) is 0 Å². The molecule has 0 bridgehead atoms. The summed E-state index contributed by atoms with van der Waals surface area (Å²) in [5.41, 5.74) is 9.70. The summed E-state index contributed by atoms with van der Waals surface area (Å²) >= 11 is 6.03. The largest absolute Gasteiger partial charge is 0.370 e. The maximum atomic E-state index is 6.03. The summed E-state index contributed by atoms with van der Waals surface area (Å²) in [4.78, 5) is 2.22. The summed E-state index contributed by atoms with van der Waals surface area (Å²) in [5.74, 6) is 0. The lowest BCUT2D eigenvalue weighted by molar-refractivity contribution is 0.646. The summed E-state index contributed by atoms with van der Waals surface area (Å²) < 4.78 is 0. The third-order valence-corrected chi connectivity index (χ3v) is 3.94. The van der Waals surface area contributed by atoms with Gasteiger partial charge in [-0.15, -0.1) is 0 Å². The molecule has 0 saturated heterocycles.